The van der Waals surface area contributed by atoms with Gasteiger partial charge in [-0.2, -0.15) is 0 Å². The van der Waals surface area contributed by atoms with E-state index < -0.39 is 0 Å². The molecule has 12 heavy (non-hydrogen) atoms. The van der Waals surface area contributed by atoms with Gasteiger partial charge in [-0.3, -0.25) is 0 Å². The van der Waals surface area contributed by atoms with Crippen LogP contribution in [0.3, 0.4) is 0 Å². The van der Waals surface area contributed by atoms with Crippen LogP contribution >= 0.6 is 0 Å². The van der Waals surface area contributed by atoms with Crippen LogP contribution in [0, 0.1) is 18.8 Å². The van der Waals surface area contributed by atoms with Gasteiger partial charge in [0, 0.05) is 11.8 Å². The van der Waals surface area contributed by atoms with Crippen LogP contribution in [0.2, 0.25) is 0 Å². The van der Waals surface area contributed by atoms with Crippen LogP contribution in [0.5, 0.6) is 0 Å². The van der Waals surface area contributed by atoms with Crippen molar-refractivity contribution in [3.8, 4) is 11.8 Å². The second-order valence-corrected chi connectivity index (χ2v) is 2.43. The van der Waals surface area contributed by atoms with Crippen LogP contribution in [-0.2, 0) is 0 Å². The van der Waals surface area contributed by atoms with E-state index in [0.29, 0.717) is 12.4 Å². The number of nitrogens with zero attached hydrogens (tertiary/aromatic N) is 1. The summed E-state index contributed by atoms with van der Waals surface area (Å²) < 4.78 is 0. The van der Waals surface area contributed by atoms with Crippen molar-refractivity contribution >= 4 is 5.82 Å². The number of hydrogen-bond acceptors (Lipinski definition) is 3. The lowest BCUT2D eigenvalue weighted by Gasteiger charge is -1.97. The maximum absolute atomic E-state index is 5.47. The van der Waals surface area contributed by atoms with E-state index in [4.69, 9.17) is 11.5 Å². The Balaban J connectivity index is 3.01. The highest BCUT2D eigenvalue weighted by atomic mass is 14.8. The maximum Gasteiger partial charge on any atom is 0.123 e. The summed E-state index contributed by atoms with van der Waals surface area (Å²) in [5.74, 6) is 6.19. The third kappa shape index (κ3) is 1.97. The molecular formula is C9H11N3. The Labute approximate surface area is 71.8 Å². The highest BCUT2D eigenvalue weighted by molar-refractivity contribution is 5.44. The number of pyridine rings is 1. The smallest absolute Gasteiger partial charge is 0.123 e. The molecule has 1 rings (SSSR count). The van der Waals surface area contributed by atoms with Gasteiger partial charge in [0.1, 0.15) is 5.82 Å². The quantitative estimate of drug-likeness (QED) is 0.537. The van der Waals surface area contributed by atoms with Crippen molar-refractivity contribution in [3.05, 3.63) is 23.4 Å². The Morgan fingerprint density at radius 2 is 2.33 bits per heavy atom. The average molecular weight is 161 g/mol. The molecule has 0 aliphatic heterocycles. The lowest BCUT2D eigenvalue weighted by atomic mass is 10.1. The van der Waals surface area contributed by atoms with Crippen LogP contribution in [0.4, 0.5) is 5.82 Å². The number of anilines is 1. The average Bonchev–Trinajstić information content (AvgIpc) is 2.03. The lowest BCUT2D eigenvalue weighted by Crippen LogP contribution is -1.95. The third-order valence-electron chi connectivity index (χ3n) is 1.46. The molecule has 0 aliphatic carbocycles. The van der Waals surface area contributed by atoms with Gasteiger partial charge in [0.15, 0.2) is 0 Å². The molecule has 0 amide bonds. The monoisotopic (exact) mass is 161 g/mol. The van der Waals surface area contributed by atoms with Gasteiger partial charge in [0.2, 0.25) is 0 Å². The minimum atomic E-state index is 0.365. The van der Waals surface area contributed by atoms with Crippen molar-refractivity contribution in [2.45, 2.75) is 6.92 Å². The molecule has 0 radical (unpaired) electrons. The summed E-state index contributed by atoms with van der Waals surface area (Å²) in [7, 11) is 0. The van der Waals surface area contributed by atoms with Crippen molar-refractivity contribution in [2.75, 3.05) is 12.3 Å². The van der Waals surface area contributed by atoms with Crippen LogP contribution in [0.1, 0.15) is 11.1 Å². The minimum Gasteiger partial charge on any atom is -0.384 e. The molecule has 0 bridgehead atoms. The van der Waals surface area contributed by atoms with Crippen molar-refractivity contribution < 1.29 is 0 Å². The number of nitrogens with two attached hydrogens (primary N) is 2. The molecule has 1 aromatic heterocycles. The second kappa shape index (κ2) is 3.74. The molecule has 0 atom stereocenters. The van der Waals surface area contributed by atoms with Gasteiger partial charge in [0.25, 0.3) is 0 Å². The fraction of sp³-hybridized carbons (Fsp3) is 0.222. The molecule has 0 saturated carbocycles. The number of nitrogen functional groups attached to an aromatic ring is 1. The Morgan fingerprint density at radius 3 is 2.92 bits per heavy atom. The molecule has 3 nitrogen and oxygen atoms in total. The lowest BCUT2D eigenvalue weighted by molar-refractivity contribution is 1.27. The molecule has 1 aromatic rings. The summed E-state index contributed by atoms with van der Waals surface area (Å²) in [6, 6.07) is 1.79. The van der Waals surface area contributed by atoms with Crippen molar-refractivity contribution in [1.29, 1.82) is 0 Å². The van der Waals surface area contributed by atoms with Gasteiger partial charge in [-0.1, -0.05) is 11.8 Å². The summed E-state index contributed by atoms with van der Waals surface area (Å²) in [5, 5.41) is 0. The second-order valence-electron chi connectivity index (χ2n) is 2.43. The third-order valence-corrected chi connectivity index (χ3v) is 1.46. The van der Waals surface area contributed by atoms with Crippen molar-refractivity contribution in [3.63, 3.8) is 0 Å². The molecule has 0 aromatic carbocycles. The predicted molar refractivity (Wildman–Crippen MR) is 49.3 cm³/mol. The standard InChI is InChI=1S/C9H11N3/c1-7-5-9(11)12-6-8(7)3-2-4-10/h5-6H,4,10H2,1H3,(H2,11,12). The molecule has 0 aliphatic rings. The molecule has 4 N–H and O–H groups in total. The fourth-order valence-corrected chi connectivity index (χ4v) is 0.855. The molecule has 3 heteroatoms. The molecule has 62 valence electrons. The van der Waals surface area contributed by atoms with E-state index in [2.05, 4.69) is 16.8 Å². The number of aryl methyl sites for hydroxylation is 1. The molecule has 1 heterocycles. The van der Waals surface area contributed by atoms with Crippen LogP contribution in [0.15, 0.2) is 12.3 Å². The first-order chi connectivity index (χ1) is 5.74. The summed E-state index contributed by atoms with van der Waals surface area (Å²) in [6.45, 7) is 2.31. The van der Waals surface area contributed by atoms with Gasteiger partial charge in [-0.25, -0.2) is 4.98 Å². The first kappa shape index (κ1) is 8.57. The maximum atomic E-state index is 5.47. The first-order valence-corrected chi connectivity index (χ1v) is 3.65. The topological polar surface area (TPSA) is 64.9 Å². The molecular weight excluding hydrogens is 150 g/mol. The van der Waals surface area contributed by atoms with Crippen molar-refractivity contribution in [2.24, 2.45) is 5.73 Å². The summed E-state index contributed by atoms with van der Waals surface area (Å²) in [6.07, 6.45) is 1.66. The fourth-order valence-electron chi connectivity index (χ4n) is 0.855. The van der Waals surface area contributed by atoms with E-state index in [9.17, 15) is 0 Å². The Hall–Kier alpha value is -1.53. The predicted octanol–water partition coefficient (Wildman–Crippen LogP) is 0.282. The minimum absolute atomic E-state index is 0.365. The van der Waals surface area contributed by atoms with Gasteiger partial charge >= 0.3 is 0 Å². The Morgan fingerprint density at radius 1 is 1.58 bits per heavy atom. The zero-order valence-electron chi connectivity index (χ0n) is 6.96. The normalized spacial score (nSPS) is 8.83. The number of aromatic nitrogens is 1. The van der Waals surface area contributed by atoms with Crippen molar-refractivity contribution in [1.82, 2.24) is 4.98 Å². The number of hydrogen-bond donors (Lipinski definition) is 2. The summed E-state index contributed by atoms with van der Waals surface area (Å²) >= 11 is 0. The van der Waals surface area contributed by atoms with Crippen LogP contribution in [-0.4, -0.2) is 11.5 Å². The Bertz CT molecular complexity index is 333. The van der Waals surface area contributed by atoms with E-state index in [0.717, 1.165) is 11.1 Å². The number of rotatable bonds is 0. The van der Waals surface area contributed by atoms with Gasteiger partial charge < -0.3 is 11.5 Å². The highest BCUT2D eigenvalue weighted by Gasteiger charge is 1.94. The Kier molecular flexibility index (Phi) is 2.67. The molecule has 0 spiro atoms. The van der Waals surface area contributed by atoms with E-state index in [1.165, 1.54) is 0 Å². The van der Waals surface area contributed by atoms with E-state index in [1.807, 2.05) is 6.92 Å². The first-order valence-electron chi connectivity index (χ1n) is 3.65. The molecule has 0 saturated heterocycles. The van der Waals surface area contributed by atoms with E-state index >= 15 is 0 Å². The highest BCUT2D eigenvalue weighted by Crippen LogP contribution is 2.07. The summed E-state index contributed by atoms with van der Waals surface area (Å²) in [5.41, 5.74) is 12.6. The zero-order chi connectivity index (χ0) is 8.97. The summed E-state index contributed by atoms with van der Waals surface area (Å²) in [4.78, 5) is 3.93. The SMILES string of the molecule is Cc1cc(N)ncc1C#CCN. The van der Waals surface area contributed by atoms with Gasteiger partial charge in [-0.15, -0.1) is 0 Å². The van der Waals surface area contributed by atoms with E-state index in [1.54, 1.807) is 12.3 Å². The van der Waals surface area contributed by atoms with Crippen LogP contribution < -0.4 is 11.5 Å². The largest absolute Gasteiger partial charge is 0.384 e. The van der Waals surface area contributed by atoms with Gasteiger partial charge in [-0.05, 0) is 18.6 Å². The zero-order valence-corrected chi connectivity index (χ0v) is 6.96. The molecule has 0 fully saturated rings. The van der Waals surface area contributed by atoms with E-state index in [-0.39, 0.29) is 0 Å². The molecule has 0 unspecified atom stereocenters. The van der Waals surface area contributed by atoms with Crippen LogP contribution in [0.25, 0.3) is 0 Å². The van der Waals surface area contributed by atoms with Gasteiger partial charge in [0.05, 0.1) is 6.54 Å².